The lowest BCUT2D eigenvalue weighted by atomic mass is 9.99. The Labute approximate surface area is 121 Å². The van der Waals surface area contributed by atoms with Gasteiger partial charge in [-0.2, -0.15) is 0 Å². The molecule has 1 aliphatic carbocycles. The lowest BCUT2D eigenvalue weighted by molar-refractivity contribution is 0.405. The highest BCUT2D eigenvalue weighted by Crippen LogP contribution is 2.27. The maximum Gasteiger partial charge on any atom is 0.212 e. The zero-order valence-electron chi connectivity index (χ0n) is 11.8. The fourth-order valence-electron chi connectivity index (χ4n) is 2.88. The van der Waals surface area contributed by atoms with Gasteiger partial charge in [0.15, 0.2) is 0 Å². The second kappa shape index (κ2) is 7.20. The van der Waals surface area contributed by atoms with Crippen molar-refractivity contribution in [1.29, 1.82) is 0 Å². The minimum atomic E-state index is -3.26. The molecule has 112 valence electrons. The van der Waals surface area contributed by atoms with Crippen LogP contribution in [0.4, 0.5) is 0 Å². The Hall–Kier alpha value is -0.910. The smallest absolute Gasteiger partial charge is 0.212 e. The van der Waals surface area contributed by atoms with Crippen LogP contribution in [0.3, 0.4) is 0 Å². The van der Waals surface area contributed by atoms with Crippen molar-refractivity contribution >= 4 is 10.0 Å². The molecule has 0 aromatic heterocycles. The van der Waals surface area contributed by atoms with Crippen molar-refractivity contribution in [2.75, 3.05) is 12.3 Å². The zero-order valence-corrected chi connectivity index (χ0v) is 12.6. The molecule has 0 amide bonds. The van der Waals surface area contributed by atoms with E-state index in [4.69, 9.17) is 5.73 Å². The molecule has 0 spiro atoms. The Bertz CT molecular complexity index is 496. The highest BCUT2D eigenvalue weighted by molar-refractivity contribution is 7.89. The molecule has 1 aromatic carbocycles. The van der Waals surface area contributed by atoms with Crippen LogP contribution in [0.2, 0.25) is 0 Å². The fourth-order valence-corrected chi connectivity index (χ4v) is 4.26. The molecule has 1 unspecified atom stereocenters. The summed E-state index contributed by atoms with van der Waals surface area (Å²) in [4.78, 5) is 0. The van der Waals surface area contributed by atoms with Gasteiger partial charge in [-0.3, -0.25) is 0 Å². The second-order valence-corrected chi connectivity index (χ2v) is 7.43. The van der Waals surface area contributed by atoms with Gasteiger partial charge in [-0.15, -0.1) is 0 Å². The first-order valence-electron chi connectivity index (χ1n) is 7.35. The molecule has 5 heteroatoms. The van der Waals surface area contributed by atoms with Gasteiger partial charge >= 0.3 is 0 Å². The van der Waals surface area contributed by atoms with E-state index in [0.717, 1.165) is 18.4 Å². The average molecular weight is 296 g/mol. The lowest BCUT2D eigenvalue weighted by Gasteiger charge is -2.23. The summed E-state index contributed by atoms with van der Waals surface area (Å²) in [7, 11) is -3.26. The molecule has 3 N–H and O–H groups in total. The molecule has 1 saturated carbocycles. The Balaban J connectivity index is 1.89. The van der Waals surface area contributed by atoms with Crippen molar-refractivity contribution < 1.29 is 8.42 Å². The third-order valence-electron chi connectivity index (χ3n) is 4.06. The topological polar surface area (TPSA) is 72.2 Å². The van der Waals surface area contributed by atoms with E-state index >= 15 is 0 Å². The highest BCUT2D eigenvalue weighted by Gasteiger charge is 2.27. The van der Waals surface area contributed by atoms with Gasteiger partial charge in [0.05, 0.1) is 5.75 Å². The van der Waals surface area contributed by atoms with Crippen LogP contribution in [0.15, 0.2) is 30.3 Å². The summed E-state index contributed by atoms with van der Waals surface area (Å²) in [5.74, 6) is 0.534. The van der Waals surface area contributed by atoms with Crippen molar-refractivity contribution in [1.82, 2.24) is 4.72 Å². The molecule has 0 aliphatic heterocycles. The molecule has 2 rings (SSSR count). The van der Waals surface area contributed by atoms with E-state index in [1.165, 1.54) is 12.8 Å². The minimum absolute atomic E-state index is 0.0988. The molecule has 1 aliphatic rings. The van der Waals surface area contributed by atoms with Gasteiger partial charge in [0, 0.05) is 12.6 Å². The molecule has 0 bridgehead atoms. The molecule has 0 radical (unpaired) electrons. The lowest BCUT2D eigenvalue weighted by Crippen LogP contribution is -2.45. The Morgan fingerprint density at radius 3 is 2.45 bits per heavy atom. The molecular weight excluding hydrogens is 272 g/mol. The maximum absolute atomic E-state index is 12.2. The summed E-state index contributed by atoms with van der Waals surface area (Å²) in [6.45, 7) is 0.384. The van der Waals surface area contributed by atoms with Crippen LogP contribution in [0.1, 0.15) is 31.2 Å². The molecule has 0 saturated heterocycles. The quantitative estimate of drug-likeness (QED) is 0.804. The van der Waals surface area contributed by atoms with Crippen LogP contribution < -0.4 is 10.5 Å². The predicted molar refractivity (Wildman–Crippen MR) is 81.9 cm³/mol. The standard InChI is InChI=1S/C15H24N2O2S/c16-12-15(14-8-4-5-9-14)17-20(18,19)11-10-13-6-2-1-3-7-13/h1-3,6-7,14-15,17H,4-5,8-12,16H2. The molecule has 4 nitrogen and oxygen atoms in total. The Kier molecular flexibility index (Phi) is 5.57. The van der Waals surface area contributed by atoms with Gasteiger partial charge in [0.2, 0.25) is 10.0 Å². The van der Waals surface area contributed by atoms with E-state index in [1.807, 2.05) is 30.3 Å². The number of benzene rings is 1. The molecule has 1 aromatic rings. The number of nitrogens with one attached hydrogen (secondary N) is 1. The predicted octanol–water partition coefficient (Wildman–Crippen LogP) is 1.67. The van der Waals surface area contributed by atoms with Crippen LogP contribution >= 0.6 is 0 Å². The first-order chi connectivity index (χ1) is 9.61. The number of hydrogen-bond donors (Lipinski definition) is 2. The number of hydrogen-bond acceptors (Lipinski definition) is 3. The van der Waals surface area contributed by atoms with Crippen LogP contribution in [0.5, 0.6) is 0 Å². The summed E-state index contributed by atoms with van der Waals surface area (Å²) in [5, 5.41) is 0. The molecule has 1 atom stereocenters. The SMILES string of the molecule is NCC(NS(=O)(=O)CCc1ccccc1)C1CCCC1. The van der Waals surface area contributed by atoms with Gasteiger partial charge in [-0.1, -0.05) is 43.2 Å². The zero-order chi connectivity index (χ0) is 14.4. The minimum Gasteiger partial charge on any atom is -0.329 e. The first kappa shape index (κ1) is 15.5. The second-order valence-electron chi connectivity index (χ2n) is 5.56. The first-order valence-corrected chi connectivity index (χ1v) is 9.00. The maximum atomic E-state index is 12.2. The molecule has 1 fully saturated rings. The van der Waals surface area contributed by atoms with Crippen LogP contribution in [0, 0.1) is 5.92 Å². The number of rotatable bonds is 7. The van der Waals surface area contributed by atoms with E-state index in [0.29, 0.717) is 18.9 Å². The number of nitrogens with two attached hydrogens (primary N) is 1. The summed E-state index contributed by atoms with van der Waals surface area (Å²) >= 11 is 0. The number of aryl methyl sites for hydroxylation is 1. The fraction of sp³-hybridized carbons (Fsp3) is 0.600. The third kappa shape index (κ3) is 4.58. The van der Waals surface area contributed by atoms with Gasteiger partial charge < -0.3 is 5.73 Å². The summed E-state index contributed by atoms with van der Waals surface area (Å²) in [6.07, 6.45) is 5.09. The van der Waals surface area contributed by atoms with Gasteiger partial charge in [0.25, 0.3) is 0 Å². The summed E-state index contributed by atoms with van der Waals surface area (Å²) in [5.41, 5.74) is 6.78. The van der Waals surface area contributed by atoms with Crippen LogP contribution in [-0.4, -0.2) is 26.8 Å². The van der Waals surface area contributed by atoms with Crippen molar-refractivity contribution in [3.8, 4) is 0 Å². The van der Waals surface area contributed by atoms with Gasteiger partial charge in [-0.05, 0) is 30.7 Å². The number of sulfonamides is 1. The van der Waals surface area contributed by atoms with E-state index in [-0.39, 0.29) is 11.8 Å². The Morgan fingerprint density at radius 2 is 1.85 bits per heavy atom. The van der Waals surface area contributed by atoms with E-state index < -0.39 is 10.0 Å². The van der Waals surface area contributed by atoms with Gasteiger partial charge in [-0.25, -0.2) is 13.1 Å². The summed E-state index contributed by atoms with van der Waals surface area (Å²) < 4.78 is 27.1. The van der Waals surface area contributed by atoms with Crippen LogP contribution in [0.25, 0.3) is 0 Å². The van der Waals surface area contributed by atoms with E-state index in [2.05, 4.69) is 4.72 Å². The van der Waals surface area contributed by atoms with Crippen molar-refractivity contribution in [2.45, 2.75) is 38.1 Å². The molecular formula is C15H24N2O2S. The summed E-state index contributed by atoms with van der Waals surface area (Å²) in [6, 6.07) is 9.59. The van der Waals surface area contributed by atoms with Crippen molar-refractivity contribution in [2.24, 2.45) is 11.7 Å². The monoisotopic (exact) mass is 296 g/mol. The van der Waals surface area contributed by atoms with Crippen molar-refractivity contribution in [3.63, 3.8) is 0 Å². The van der Waals surface area contributed by atoms with E-state index in [1.54, 1.807) is 0 Å². The van der Waals surface area contributed by atoms with Crippen molar-refractivity contribution in [3.05, 3.63) is 35.9 Å². The Morgan fingerprint density at radius 1 is 1.20 bits per heavy atom. The normalized spacial score (nSPS) is 18.2. The largest absolute Gasteiger partial charge is 0.329 e. The van der Waals surface area contributed by atoms with Crippen LogP contribution in [-0.2, 0) is 16.4 Å². The average Bonchev–Trinajstić information content (AvgIpc) is 2.98. The van der Waals surface area contributed by atoms with Gasteiger partial charge in [0.1, 0.15) is 0 Å². The molecule has 20 heavy (non-hydrogen) atoms. The van der Waals surface area contributed by atoms with E-state index in [9.17, 15) is 8.42 Å². The molecule has 0 heterocycles. The third-order valence-corrected chi connectivity index (χ3v) is 5.46. The highest BCUT2D eigenvalue weighted by atomic mass is 32.2.